The third-order valence-electron chi connectivity index (χ3n) is 3.74. The number of halogens is 1. The first-order valence-corrected chi connectivity index (χ1v) is 7.94. The van der Waals surface area contributed by atoms with Crippen LogP contribution in [-0.2, 0) is 0 Å². The molecule has 94 valence electrons. The Bertz CT molecular complexity index is 545. The lowest BCUT2D eigenvalue weighted by Crippen LogP contribution is -2.13. The molecule has 0 bridgehead atoms. The van der Waals surface area contributed by atoms with E-state index in [0.29, 0.717) is 5.92 Å². The zero-order chi connectivity index (χ0) is 12.5. The first kappa shape index (κ1) is 12.4. The Balaban J connectivity index is 1.95. The molecule has 3 heteroatoms. The molecule has 1 aromatic carbocycles. The van der Waals surface area contributed by atoms with E-state index in [-0.39, 0.29) is 0 Å². The number of hydrogen-bond donors (Lipinski definition) is 1. The van der Waals surface area contributed by atoms with Crippen molar-refractivity contribution in [1.82, 2.24) is 0 Å². The monoisotopic (exact) mass is 322 g/mol. The van der Waals surface area contributed by atoms with Gasteiger partial charge in [0.05, 0.1) is 3.79 Å². The fourth-order valence-corrected chi connectivity index (χ4v) is 3.69. The van der Waals surface area contributed by atoms with Gasteiger partial charge >= 0.3 is 0 Å². The van der Waals surface area contributed by atoms with Crippen LogP contribution >= 0.6 is 27.3 Å². The molecule has 1 atom stereocenters. The predicted octanol–water partition coefficient (Wildman–Crippen LogP) is 4.86. The van der Waals surface area contributed by atoms with Crippen molar-refractivity contribution in [1.29, 1.82) is 0 Å². The highest BCUT2D eigenvalue weighted by atomic mass is 79.9. The van der Waals surface area contributed by atoms with Crippen LogP contribution in [0.25, 0.3) is 0 Å². The van der Waals surface area contributed by atoms with Gasteiger partial charge in [0.2, 0.25) is 0 Å². The van der Waals surface area contributed by atoms with E-state index < -0.39 is 6.10 Å². The van der Waals surface area contributed by atoms with Crippen LogP contribution in [0.3, 0.4) is 0 Å². The number of thiophene rings is 1. The van der Waals surface area contributed by atoms with Gasteiger partial charge in [0.1, 0.15) is 6.10 Å². The molecule has 3 rings (SSSR count). The average Bonchev–Trinajstić information content (AvgIpc) is 2.74. The van der Waals surface area contributed by atoms with Gasteiger partial charge in [-0.05, 0) is 62.8 Å². The summed E-state index contributed by atoms with van der Waals surface area (Å²) in [7, 11) is 0. The van der Waals surface area contributed by atoms with Crippen LogP contribution in [0.15, 0.2) is 39.5 Å². The lowest BCUT2D eigenvalue weighted by Gasteiger charge is -2.29. The molecule has 1 nitrogen and oxygen atoms in total. The predicted molar refractivity (Wildman–Crippen MR) is 79.1 cm³/mol. The highest BCUT2D eigenvalue weighted by Crippen LogP contribution is 2.41. The number of benzene rings is 1. The fraction of sp³-hybridized carbons (Fsp3) is 0.333. The summed E-state index contributed by atoms with van der Waals surface area (Å²) in [4.78, 5) is 0. The summed E-state index contributed by atoms with van der Waals surface area (Å²) < 4.78 is 1.07. The van der Waals surface area contributed by atoms with E-state index in [1.165, 1.54) is 24.8 Å². The normalized spacial score (nSPS) is 17.4. The van der Waals surface area contributed by atoms with E-state index in [4.69, 9.17) is 0 Å². The molecule has 0 saturated heterocycles. The Hall–Kier alpha value is -0.640. The van der Waals surface area contributed by atoms with Gasteiger partial charge in [0, 0.05) is 0 Å². The minimum atomic E-state index is -0.496. The number of aliphatic hydroxyl groups excluding tert-OH is 1. The van der Waals surface area contributed by atoms with Crippen molar-refractivity contribution in [2.24, 2.45) is 0 Å². The molecule has 1 fully saturated rings. The van der Waals surface area contributed by atoms with E-state index >= 15 is 0 Å². The number of aliphatic hydroxyl groups is 1. The van der Waals surface area contributed by atoms with Gasteiger partial charge in [0.15, 0.2) is 0 Å². The Morgan fingerprint density at radius 3 is 2.67 bits per heavy atom. The molecule has 1 N–H and O–H groups in total. The van der Waals surface area contributed by atoms with Crippen molar-refractivity contribution < 1.29 is 5.11 Å². The summed E-state index contributed by atoms with van der Waals surface area (Å²) in [6.45, 7) is 0. The maximum atomic E-state index is 10.5. The SMILES string of the molecule is OC(c1csc(Br)c1)c1ccccc1C1CCC1. The van der Waals surface area contributed by atoms with Gasteiger partial charge in [-0.1, -0.05) is 30.7 Å². The Kier molecular flexibility index (Phi) is 3.55. The van der Waals surface area contributed by atoms with Gasteiger partial charge in [-0.2, -0.15) is 0 Å². The lowest BCUT2D eigenvalue weighted by molar-refractivity contribution is 0.217. The molecule has 1 unspecified atom stereocenters. The Labute approximate surface area is 120 Å². The van der Waals surface area contributed by atoms with Gasteiger partial charge in [-0.25, -0.2) is 0 Å². The summed E-state index contributed by atoms with van der Waals surface area (Å²) in [6.07, 6.45) is 3.34. The van der Waals surface area contributed by atoms with Crippen LogP contribution in [0.4, 0.5) is 0 Å². The molecule has 18 heavy (non-hydrogen) atoms. The van der Waals surface area contributed by atoms with E-state index in [9.17, 15) is 5.11 Å². The number of hydrogen-bond acceptors (Lipinski definition) is 2. The molecule has 1 aliphatic carbocycles. The second kappa shape index (κ2) is 5.16. The van der Waals surface area contributed by atoms with Crippen LogP contribution in [-0.4, -0.2) is 5.11 Å². The molecule has 0 radical (unpaired) electrons. The lowest BCUT2D eigenvalue weighted by atomic mass is 9.77. The molecule has 1 aliphatic rings. The van der Waals surface area contributed by atoms with Crippen molar-refractivity contribution in [3.05, 3.63) is 56.2 Å². The van der Waals surface area contributed by atoms with E-state index in [2.05, 4.69) is 34.1 Å². The molecular formula is C15H15BrOS. The quantitative estimate of drug-likeness (QED) is 0.855. The molecule has 1 heterocycles. The van der Waals surface area contributed by atoms with Gasteiger partial charge in [-0.3, -0.25) is 0 Å². The number of rotatable bonds is 3. The summed E-state index contributed by atoms with van der Waals surface area (Å²) in [5.74, 6) is 0.651. The highest BCUT2D eigenvalue weighted by Gasteiger charge is 2.25. The molecule has 1 aromatic heterocycles. The van der Waals surface area contributed by atoms with Crippen molar-refractivity contribution in [2.75, 3.05) is 0 Å². The van der Waals surface area contributed by atoms with Gasteiger partial charge in [-0.15, -0.1) is 11.3 Å². The first-order valence-electron chi connectivity index (χ1n) is 6.26. The maximum absolute atomic E-state index is 10.5. The largest absolute Gasteiger partial charge is 0.384 e. The highest BCUT2D eigenvalue weighted by molar-refractivity contribution is 9.11. The second-order valence-corrected chi connectivity index (χ2v) is 7.13. The zero-order valence-electron chi connectivity index (χ0n) is 9.97. The molecular weight excluding hydrogens is 308 g/mol. The van der Waals surface area contributed by atoms with Crippen LogP contribution in [0.2, 0.25) is 0 Å². The van der Waals surface area contributed by atoms with Gasteiger partial charge < -0.3 is 5.11 Å². The van der Waals surface area contributed by atoms with Gasteiger partial charge in [0.25, 0.3) is 0 Å². The summed E-state index contributed by atoms with van der Waals surface area (Å²) in [6, 6.07) is 10.3. The maximum Gasteiger partial charge on any atom is 0.105 e. The third-order valence-corrected chi connectivity index (χ3v) is 5.26. The Morgan fingerprint density at radius 1 is 1.28 bits per heavy atom. The molecule has 2 aromatic rings. The average molecular weight is 323 g/mol. The Morgan fingerprint density at radius 2 is 2.06 bits per heavy atom. The zero-order valence-corrected chi connectivity index (χ0v) is 12.4. The topological polar surface area (TPSA) is 20.2 Å². The van der Waals surface area contributed by atoms with Crippen LogP contribution in [0, 0.1) is 0 Å². The first-order chi connectivity index (χ1) is 8.75. The van der Waals surface area contributed by atoms with Crippen molar-refractivity contribution in [3.63, 3.8) is 0 Å². The van der Waals surface area contributed by atoms with Crippen LogP contribution in [0.1, 0.15) is 48.0 Å². The second-order valence-electron chi connectivity index (χ2n) is 4.84. The van der Waals surface area contributed by atoms with Crippen molar-refractivity contribution in [2.45, 2.75) is 31.3 Å². The minimum Gasteiger partial charge on any atom is -0.384 e. The molecule has 0 amide bonds. The van der Waals surface area contributed by atoms with Crippen LogP contribution in [0.5, 0.6) is 0 Å². The fourth-order valence-electron chi connectivity index (χ4n) is 2.50. The molecule has 0 spiro atoms. The summed E-state index contributed by atoms with van der Waals surface area (Å²) in [5.41, 5.74) is 3.39. The molecule has 0 aliphatic heterocycles. The minimum absolute atomic E-state index is 0.496. The van der Waals surface area contributed by atoms with E-state index in [0.717, 1.165) is 14.9 Å². The van der Waals surface area contributed by atoms with Crippen molar-refractivity contribution in [3.8, 4) is 0 Å². The van der Waals surface area contributed by atoms with E-state index in [1.54, 1.807) is 11.3 Å². The third kappa shape index (κ3) is 2.27. The van der Waals surface area contributed by atoms with Crippen molar-refractivity contribution >= 4 is 27.3 Å². The summed E-state index contributed by atoms with van der Waals surface area (Å²) >= 11 is 5.07. The summed E-state index contributed by atoms with van der Waals surface area (Å²) in [5, 5.41) is 12.6. The molecule has 1 saturated carbocycles. The standard InChI is InChI=1S/C15H15BrOS/c16-14-8-11(9-18-14)15(17)13-7-2-1-6-12(13)10-4-3-5-10/h1-2,6-10,15,17H,3-5H2. The van der Waals surface area contributed by atoms with Crippen LogP contribution < -0.4 is 0 Å². The smallest absolute Gasteiger partial charge is 0.105 e. The van der Waals surface area contributed by atoms with E-state index in [1.807, 2.05) is 17.5 Å².